The summed E-state index contributed by atoms with van der Waals surface area (Å²) >= 11 is 0. The molecule has 0 aliphatic carbocycles. The normalized spacial score (nSPS) is 14.3. The van der Waals surface area contributed by atoms with Gasteiger partial charge in [-0.1, -0.05) is 0 Å². The summed E-state index contributed by atoms with van der Waals surface area (Å²) in [6, 6.07) is 3.73. The van der Waals surface area contributed by atoms with Crippen molar-refractivity contribution in [2.75, 3.05) is 77.4 Å². The molecule has 214 valence electrons. The van der Waals surface area contributed by atoms with Gasteiger partial charge in [-0.05, 0) is 43.4 Å². The standard InChI is InChI=1S/C27H38N4O8/c28-30-23(32)5-9-35-11-13-37-15-16-38-14-12-36-10-6-29-26(33)22-18-20-17-19-3-1-7-31-8-2-4-21(24(19)31)25(20)39-27(22)34/h17-18H,1-16,28H2,(H,29,33)(H,30,32). The Morgan fingerprint density at radius 1 is 0.897 bits per heavy atom. The fraction of sp³-hybridized carbons (Fsp3) is 0.593. The zero-order valence-electron chi connectivity index (χ0n) is 22.3. The molecule has 12 heteroatoms. The number of carbonyl (C=O) groups is 2. The summed E-state index contributed by atoms with van der Waals surface area (Å²) in [7, 11) is 0. The Hall–Kier alpha value is -3.03. The molecule has 2 aliphatic rings. The van der Waals surface area contributed by atoms with Crippen molar-refractivity contribution in [1.82, 2.24) is 10.7 Å². The minimum Gasteiger partial charge on any atom is -0.422 e. The average molecular weight is 547 g/mol. The number of hydrogen-bond donors (Lipinski definition) is 3. The Kier molecular flexibility index (Phi) is 11.1. The predicted molar refractivity (Wildman–Crippen MR) is 144 cm³/mol. The molecule has 0 atom stereocenters. The molecule has 0 saturated heterocycles. The molecule has 4 N–H and O–H groups in total. The van der Waals surface area contributed by atoms with Crippen LogP contribution in [0.25, 0.3) is 11.0 Å². The highest BCUT2D eigenvalue weighted by molar-refractivity contribution is 5.98. The molecule has 2 aromatic rings. The first-order valence-corrected chi connectivity index (χ1v) is 13.5. The third-order valence-electron chi connectivity index (χ3n) is 6.74. The van der Waals surface area contributed by atoms with Crippen molar-refractivity contribution >= 4 is 28.5 Å². The third kappa shape index (κ3) is 7.99. The van der Waals surface area contributed by atoms with Gasteiger partial charge in [-0.25, -0.2) is 10.6 Å². The molecule has 2 amide bonds. The van der Waals surface area contributed by atoms with Crippen LogP contribution in [0.15, 0.2) is 21.3 Å². The van der Waals surface area contributed by atoms with Gasteiger partial charge in [0.25, 0.3) is 5.91 Å². The van der Waals surface area contributed by atoms with Gasteiger partial charge in [-0.3, -0.25) is 15.0 Å². The average Bonchev–Trinajstić information content (AvgIpc) is 2.95. The summed E-state index contributed by atoms with van der Waals surface area (Å²) < 4.78 is 27.2. The van der Waals surface area contributed by atoms with E-state index in [2.05, 4.69) is 16.3 Å². The number of amides is 2. The Morgan fingerprint density at radius 2 is 1.54 bits per heavy atom. The molecule has 0 bridgehead atoms. The minimum absolute atomic E-state index is 0.00733. The third-order valence-corrected chi connectivity index (χ3v) is 6.74. The molecule has 0 radical (unpaired) electrons. The van der Waals surface area contributed by atoms with E-state index < -0.39 is 11.5 Å². The number of aryl methyl sites for hydroxylation is 2. The van der Waals surface area contributed by atoms with Crippen LogP contribution in [0.1, 0.15) is 40.7 Å². The molecule has 0 fully saturated rings. The predicted octanol–water partition coefficient (Wildman–Crippen LogP) is 0.668. The summed E-state index contributed by atoms with van der Waals surface area (Å²) in [6.45, 7) is 5.29. The molecular weight excluding hydrogens is 508 g/mol. The number of nitrogens with two attached hydrogens (primary N) is 1. The zero-order chi connectivity index (χ0) is 27.5. The first-order chi connectivity index (χ1) is 19.1. The van der Waals surface area contributed by atoms with E-state index in [4.69, 9.17) is 29.2 Å². The van der Waals surface area contributed by atoms with E-state index in [0.29, 0.717) is 45.2 Å². The van der Waals surface area contributed by atoms with Gasteiger partial charge in [-0.2, -0.15) is 0 Å². The summed E-state index contributed by atoms with van der Waals surface area (Å²) in [4.78, 5) is 38.7. The van der Waals surface area contributed by atoms with Gasteiger partial charge in [-0.15, -0.1) is 0 Å². The summed E-state index contributed by atoms with van der Waals surface area (Å²) in [5, 5.41) is 3.53. The number of carbonyl (C=O) groups excluding carboxylic acids is 2. The van der Waals surface area contributed by atoms with Gasteiger partial charge < -0.3 is 33.6 Å². The van der Waals surface area contributed by atoms with Crippen LogP contribution in [0, 0.1) is 0 Å². The SMILES string of the molecule is NNC(=O)CCOCCOCCOCCOCCNC(=O)c1cc2cc3c4c(c2oc1=O)CCCN4CCC3. The van der Waals surface area contributed by atoms with Crippen molar-refractivity contribution in [2.45, 2.75) is 32.1 Å². The number of nitrogens with zero attached hydrogens (tertiary/aromatic N) is 1. The van der Waals surface area contributed by atoms with Crippen LogP contribution >= 0.6 is 0 Å². The zero-order valence-corrected chi connectivity index (χ0v) is 22.3. The van der Waals surface area contributed by atoms with Gasteiger partial charge in [0.1, 0.15) is 11.1 Å². The van der Waals surface area contributed by atoms with E-state index in [1.807, 2.05) is 5.43 Å². The molecule has 39 heavy (non-hydrogen) atoms. The van der Waals surface area contributed by atoms with Crippen LogP contribution in [-0.4, -0.2) is 84.3 Å². The Balaban J connectivity index is 1.10. The lowest BCUT2D eigenvalue weighted by molar-refractivity contribution is -0.122. The van der Waals surface area contributed by atoms with Crippen molar-refractivity contribution in [3.63, 3.8) is 0 Å². The number of fused-ring (bicyclic) bond motifs is 2. The fourth-order valence-corrected chi connectivity index (χ4v) is 4.93. The second-order valence-corrected chi connectivity index (χ2v) is 9.45. The number of benzene rings is 1. The van der Waals surface area contributed by atoms with Crippen LogP contribution in [0.4, 0.5) is 5.69 Å². The van der Waals surface area contributed by atoms with Gasteiger partial charge in [0, 0.05) is 36.3 Å². The van der Waals surface area contributed by atoms with Crippen molar-refractivity contribution in [1.29, 1.82) is 0 Å². The Morgan fingerprint density at radius 3 is 2.23 bits per heavy atom. The molecular formula is C27H38N4O8. The van der Waals surface area contributed by atoms with Crippen molar-refractivity contribution < 1.29 is 33.0 Å². The topological polar surface area (TPSA) is 155 Å². The largest absolute Gasteiger partial charge is 0.422 e. The second-order valence-electron chi connectivity index (χ2n) is 9.45. The highest BCUT2D eigenvalue weighted by atomic mass is 16.6. The van der Waals surface area contributed by atoms with Crippen LogP contribution in [0.2, 0.25) is 0 Å². The summed E-state index contributed by atoms with van der Waals surface area (Å²) in [5.74, 6) is 4.23. The Labute approximate surface area is 227 Å². The van der Waals surface area contributed by atoms with Gasteiger partial charge in [0.2, 0.25) is 5.91 Å². The van der Waals surface area contributed by atoms with Crippen LogP contribution in [0.5, 0.6) is 0 Å². The van der Waals surface area contributed by atoms with Crippen LogP contribution < -0.4 is 27.1 Å². The number of anilines is 1. The van der Waals surface area contributed by atoms with E-state index in [1.54, 1.807) is 6.07 Å². The lowest BCUT2D eigenvalue weighted by Crippen LogP contribution is -2.35. The highest BCUT2D eigenvalue weighted by Crippen LogP contribution is 2.39. The molecule has 0 unspecified atom stereocenters. The Bertz CT molecular complexity index is 1180. The fourth-order valence-electron chi connectivity index (χ4n) is 4.93. The number of hydrogen-bond acceptors (Lipinski definition) is 10. The summed E-state index contributed by atoms with van der Waals surface area (Å²) in [6.07, 6.45) is 4.23. The van der Waals surface area contributed by atoms with E-state index in [1.165, 1.54) is 11.3 Å². The lowest BCUT2D eigenvalue weighted by Gasteiger charge is -2.37. The molecule has 3 heterocycles. The maximum Gasteiger partial charge on any atom is 0.349 e. The second kappa shape index (κ2) is 14.9. The molecule has 0 spiro atoms. The maximum absolute atomic E-state index is 12.7. The summed E-state index contributed by atoms with van der Waals surface area (Å²) in [5.41, 5.74) is 5.62. The van der Waals surface area contributed by atoms with Crippen LogP contribution in [0.3, 0.4) is 0 Å². The lowest BCUT2D eigenvalue weighted by atomic mass is 9.90. The first-order valence-electron chi connectivity index (χ1n) is 13.5. The monoisotopic (exact) mass is 546 g/mol. The smallest absolute Gasteiger partial charge is 0.349 e. The van der Waals surface area contributed by atoms with Crippen molar-refractivity contribution in [3.8, 4) is 0 Å². The highest BCUT2D eigenvalue weighted by Gasteiger charge is 2.27. The number of hydrazine groups is 1. The van der Waals surface area contributed by atoms with Gasteiger partial charge in [0.05, 0.1) is 59.3 Å². The molecule has 1 aromatic heterocycles. The number of nitrogens with one attached hydrogen (secondary N) is 2. The number of ether oxygens (including phenoxy) is 4. The quantitative estimate of drug-likeness (QED) is 0.0900. The van der Waals surface area contributed by atoms with E-state index in [0.717, 1.165) is 49.7 Å². The van der Waals surface area contributed by atoms with E-state index in [9.17, 15) is 14.4 Å². The molecule has 0 saturated carbocycles. The minimum atomic E-state index is -0.619. The number of rotatable bonds is 16. The first kappa shape index (κ1) is 29.0. The molecule has 4 rings (SSSR count). The van der Waals surface area contributed by atoms with Crippen LogP contribution in [-0.2, 0) is 36.6 Å². The molecule has 2 aliphatic heterocycles. The van der Waals surface area contributed by atoms with Gasteiger partial charge >= 0.3 is 5.63 Å². The van der Waals surface area contributed by atoms with E-state index >= 15 is 0 Å². The van der Waals surface area contributed by atoms with Gasteiger partial charge in [0.15, 0.2) is 0 Å². The molecule has 12 nitrogen and oxygen atoms in total. The van der Waals surface area contributed by atoms with E-state index in [-0.39, 0.29) is 37.6 Å². The molecule has 1 aromatic carbocycles. The van der Waals surface area contributed by atoms with Crippen molar-refractivity contribution in [3.05, 3.63) is 39.2 Å². The maximum atomic E-state index is 12.7. The van der Waals surface area contributed by atoms with Crippen molar-refractivity contribution in [2.24, 2.45) is 5.84 Å².